The first-order valence-electron chi connectivity index (χ1n) is 21.6. The molecule has 0 spiro atoms. The van der Waals surface area contributed by atoms with Gasteiger partial charge in [0, 0.05) is 62.9 Å². The third kappa shape index (κ3) is 10.1. The fourth-order valence-corrected chi connectivity index (χ4v) is 10.9. The van der Waals surface area contributed by atoms with E-state index in [9.17, 15) is 26.4 Å². The Morgan fingerprint density at radius 1 is 0.746 bits per heavy atom. The van der Waals surface area contributed by atoms with Crippen LogP contribution in [0.5, 0.6) is 0 Å². The third-order valence-corrected chi connectivity index (χ3v) is 15.2. The van der Waals surface area contributed by atoms with Gasteiger partial charge >= 0.3 is 0 Å². The number of ether oxygens (including phenoxy) is 4. The Hall–Kier alpha value is -5.09. The number of nitrogens with zero attached hydrogens (tertiary/aromatic N) is 5. The summed E-state index contributed by atoms with van der Waals surface area (Å²) in [5.74, 6) is -2.73. The molecule has 2 aromatic carbocycles. The van der Waals surface area contributed by atoms with Gasteiger partial charge in [-0.15, -0.1) is 0 Å². The molecule has 1 unspecified atom stereocenters. The second kappa shape index (κ2) is 19.1. The number of aromatic nitrogens is 5. The van der Waals surface area contributed by atoms with Crippen LogP contribution in [0.4, 0.5) is 4.39 Å². The van der Waals surface area contributed by atoms with Crippen LogP contribution in [0.1, 0.15) is 97.3 Å². The molecule has 0 bridgehead atoms. The van der Waals surface area contributed by atoms with Gasteiger partial charge in [-0.05, 0) is 87.9 Å². The zero-order chi connectivity index (χ0) is 48.8. The lowest BCUT2D eigenvalue weighted by molar-refractivity contribution is -0.206. The minimum absolute atomic E-state index is 0.0769. The molecule has 21 heteroatoms. The van der Waals surface area contributed by atoms with Crippen LogP contribution < -0.4 is 9.44 Å². The van der Waals surface area contributed by atoms with E-state index in [1.807, 2.05) is 34.6 Å². The average Bonchev–Trinajstić information content (AvgIpc) is 3.82. The Kier molecular flexibility index (Phi) is 14.2. The van der Waals surface area contributed by atoms with Crippen molar-refractivity contribution in [2.24, 2.45) is 14.1 Å². The summed E-state index contributed by atoms with van der Waals surface area (Å²) >= 11 is 6.66. The van der Waals surface area contributed by atoms with Crippen LogP contribution in [0.2, 0.25) is 5.02 Å². The van der Waals surface area contributed by atoms with Gasteiger partial charge in [-0.25, -0.2) is 13.8 Å². The molecule has 2 amide bonds. The molecular formula is C46H55ClFN7O10S2. The molecule has 0 saturated carbocycles. The van der Waals surface area contributed by atoms with Crippen molar-refractivity contribution in [1.29, 1.82) is 0 Å². The quantitative estimate of drug-likeness (QED) is 0.112. The van der Waals surface area contributed by atoms with Crippen molar-refractivity contribution in [3.63, 3.8) is 0 Å². The smallest absolute Gasteiger partial charge is 0.283 e. The van der Waals surface area contributed by atoms with Gasteiger partial charge in [0.25, 0.3) is 20.0 Å². The van der Waals surface area contributed by atoms with Crippen molar-refractivity contribution < 1.29 is 49.8 Å². The number of nitrogens with one attached hydrogen (secondary N) is 2. The highest BCUT2D eigenvalue weighted by Gasteiger charge is 2.45. The largest absolute Gasteiger partial charge is 0.374 e. The Morgan fingerprint density at radius 3 is 1.66 bits per heavy atom. The minimum atomic E-state index is -4.42. The first-order valence-corrected chi connectivity index (χ1v) is 24.9. The fraction of sp³-hybridized carbons (Fsp3) is 0.457. The summed E-state index contributed by atoms with van der Waals surface area (Å²) in [6.45, 7) is 10.5. The second-order valence-corrected chi connectivity index (χ2v) is 21.5. The number of pyridine rings is 1. The van der Waals surface area contributed by atoms with E-state index < -0.39 is 55.3 Å². The lowest BCUT2D eigenvalue weighted by Gasteiger charge is -2.39. The molecule has 5 aromatic rings. The first-order chi connectivity index (χ1) is 31.5. The number of methoxy groups -OCH3 is 2. The Balaban J connectivity index is 1.10. The number of rotatable bonds is 18. The molecule has 2 saturated heterocycles. The number of carbonyl (C=O) groups excluding carboxylic acids is 2. The van der Waals surface area contributed by atoms with Crippen LogP contribution in [0.3, 0.4) is 0 Å². The van der Waals surface area contributed by atoms with E-state index in [0.717, 1.165) is 11.1 Å². The van der Waals surface area contributed by atoms with Crippen LogP contribution in [0.15, 0.2) is 64.8 Å². The Bertz CT molecular complexity index is 2920. The van der Waals surface area contributed by atoms with Gasteiger partial charge in [0.15, 0.2) is 21.3 Å². The third-order valence-electron chi connectivity index (χ3n) is 12.5. The molecule has 2 N–H and O–H groups in total. The predicted molar refractivity (Wildman–Crippen MR) is 245 cm³/mol. The van der Waals surface area contributed by atoms with Crippen LogP contribution in [-0.4, -0.2) is 93.8 Å². The molecule has 0 radical (unpaired) electrons. The van der Waals surface area contributed by atoms with E-state index in [-0.39, 0.29) is 60.7 Å². The predicted octanol–water partition coefficient (Wildman–Crippen LogP) is 5.44. The fourth-order valence-electron chi connectivity index (χ4n) is 8.71. The minimum Gasteiger partial charge on any atom is -0.374 e. The van der Waals surface area contributed by atoms with E-state index in [2.05, 4.69) is 19.6 Å². The van der Waals surface area contributed by atoms with Gasteiger partial charge in [-0.3, -0.25) is 23.9 Å². The van der Waals surface area contributed by atoms with Crippen molar-refractivity contribution in [3.05, 3.63) is 110 Å². The van der Waals surface area contributed by atoms with Gasteiger partial charge in [0.2, 0.25) is 11.8 Å². The monoisotopic (exact) mass is 983 g/mol. The highest BCUT2D eigenvalue weighted by atomic mass is 35.5. The van der Waals surface area contributed by atoms with Gasteiger partial charge in [0.1, 0.15) is 5.82 Å². The average molecular weight is 985 g/mol. The van der Waals surface area contributed by atoms with Crippen LogP contribution in [-0.2, 0) is 93.1 Å². The molecule has 67 heavy (non-hydrogen) atoms. The van der Waals surface area contributed by atoms with Gasteiger partial charge in [-0.2, -0.15) is 27.0 Å². The lowest BCUT2D eigenvalue weighted by Crippen LogP contribution is -2.49. The van der Waals surface area contributed by atoms with E-state index in [4.69, 9.17) is 35.5 Å². The maximum Gasteiger partial charge on any atom is 0.283 e. The van der Waals surface area contributed by atoms with E-state index in [0.29, 0.717) is 56.3 Å². The number of benzene rings is 2. The zero-order valence-electron chi connectivity index (χ0n) is 38.8. The summed E-state index contributed by atoms with van der Waals surface area (Å²) in [5, 5.41) is 8.07. The van der Waals surface area contributed by atoms with Crippen molar-refractivity contribution in [2.75, 3.05) is 40.6 Å². The zero-order valence-corrected chi connectivity index (χ0v) is 41.2. The molecule has 5 heterocycles. The maximum absolute atomic E-state index is 15.3. The molecule has 2 aliphatic heterocycles. The van der Waals surface area contributed by atoms with E-state index in [1.54, 1.807) is 44.6 Å². The molecule has 1 atom stereocenters. The summed E-state index contributed by atoms with van der Waals surface area (Å²) in [7, 11) is -2.62. The van der Waals surface area contributed by atoms with Crippen LogP contribution in [0.25, 0.3) is 11.1 Å². The standard InChI is InChI=1S/C46H55ClFN7O10S2/c1-26(2)33-13-30(47)14-35(37(33)17-41(56)52-66(58,59)43-19-39(54(6)50-43)45(62-8)22-64-23-45)28(5)12-32-11-10-29(21-49-32)36-16-31(48)15-34(27(3)4)38(36)18-42(57)53-67(60,61)44-20-40(55(7)51-44)46(63-9)24-65-25-46/h10-11,13-16,19-21,26-28H,12,17-18,22-25H2,1-9H3,(H,52,56)(H,53,57). The molecule has 2 fully saturated rings. The summed E-state index contributed by atoms with van der Waals surface area (Å²) in [5.41, 5.74) is 3.87. The Labute approximate surface area is 394 Å². The summed E-state index contributed by atoms with van der Waals surface area (Å²) in [6, 6.07) is 12.4. The molecule has 0 aliphatic carbocycles. The van der Waals surface area contributed by atoms with Crippen LogP contribution >= 0.6 is 11.6 Å². The second-order valence-electron chi connectivity index (χ2n) is 17.8. The highest BCUT2D eigenvalue weighted by molar-refractivity contribution is 7.90. The van der Waals surface area contributed by atoms with Crippen molar-refractivity contribution >= 4 is 43.5 Å². The number of sulfonamides is 2. The van der Waals surface area contributed by atoms with E-state index >= 15 is 4.39 Å². The molecular weight excluding hydrogens is 929 g/mol. The molecule has 2 aliphatic rings. The van der Waals surface area contributed by atoms with Crippen molar-refractivity contribution in [3.8, 4) is 11.1 Å². The number of amides is 2. The van der Waals surface area contributed by atoms with Gasteiger partial charge in [0.05, 0.1) is 50.7 Å². The number of carbonyl (C=O) groups is 2. The molecule has 17 nitrogen and oxygen atoms in total. The first kappa shape index (κ1) is 49.8. The number of hydrogen-bond acceptors (Lipinski definition) is 13. The number of halogens is 2. The van der Waals surface area contributed by atoms with Gasteiger partial charge < -0.3 is 18.9 Å². The van der Waals surface area contributed by atoms with Gasteiger partial charge in [-0.1, -0.05) is 52.3 Å². The molecule has 7 rings (SSSR count). The lowest BCUT2D eigenvalue weighted by atomic mass is 9.84. The summed E-state index contributed by atoms with van der Waals surface area (Å²) in [6.07, 6.45) is 1.27. The normalized spacial score (nSPS) is 16.1. The number of aryl methyl sites for hydroxylation is 2. The summed E-state index contributed by atoms with van der Waals surface area (Å²) < 4.78 is 98.2. The van der Waals surface area contributed by atoms with Crippen molar-refractivity contribution in [1.82, 2.24) is 34.0 Å². The topological polar surface area (TPSA) is 212 Å². The highest BCUT2D eigenvalue weighted by Crippen LogP contribution is 2.37. The van der Waals surface area contributed by atoms with Crippen LogP contribution in [0, 0.1) is 5.82 Å². The number of hydrogen-bond donors (Lipinski definition) is 2. The maximum atomic E-state index is 15.3. The molecule has 3 aromatic heterocycles. The SMILES string of the molecule is COC1(c2cc(S(=O)(=O)NC(=O)Cc3c(-c4ccc(CC(C)c5cc(Cl)cc(C(C)C)c5CC(=O)NS(=O)(=O)c5cc(C6(OC)COC6)n(C)n5)nc4)cc(F)cc3C(C)C)nn2C)COC1. The molecule has 360 valence electrons. The van der Waals surface area contributed by atoms with E-state index in [1.165, 1.54) is 47.8 Å². The summed E-state index contributed by atoms with van der Waals surface area (Å²) in [4.78, 5) is 32.0. The Morgan fingerprint density at radius 2 is 1.22 bits per heavy atom. The van der Waals surface area contributed by atoms with Crippen molar-refractivity contribution in [2.45, 2.75) is 92.9 Å².